The van der Waals surface area contributed by atoms with Gasteiger partial charge in [0.2, 0.25) is 0 Å². The van der Waals surface area contributed by atoms with Gasteiger partial charge in [0.15, 0.2) is 0 Å². The summed E-state index contributed by atoms with van der Waals surface area (Å²) >= 11 is 0. The molecule has 0 aliphatic rings. The number of hydrogen-bond donors (Lipinski definition) is 2. The quantitative estimate of drug-likeness (QED) is 0.428. The van der Waals surface area contributed by atoms with Crippen molar-refractivity contribution in [3.8, 4) is 0 Å². The smallest absolute Gasteiger partial charge is 0.0400 e. The van der Waals surface area contributed by atoms with Gasteiger partial charge in [-0.3, -0.25) is 0 Å². The Labute approximate surface area is 205 Å². The first-order valence-electron chi connectivity index (χ1n) is 9.60. The zero-order valence-corrected chi connectivity index (χ0v) is 21.6. The molecule has 29 heavy (non-hydrogen) atoms. The second kappa shape index (κ2) is 14.3. The van der Waals surface area contributed by atoms with E-state index >= 15 is 0 Å². The number of nitrogens with one attached hydrogen (secondary N) is 2. The number of nitrogens with zero attached hydrogens (tertiary/aromatic N) is 1. The minimum absolute atomic E-state index is 0. The van der Waals surface area contributed by atoms with Gasteiger partial charge in [0, 0.05) is 59.9 Å². The fourth-order valence-electron chi connectivity index (χ4n) is 3.77. The number of hydrogen-bond acceptors (Lipinski definition) is 3. The monoisotopic (exact) mass is 530 g/mol. The van der Waals surface area contributed by atoms with Crippen LogP contribution < -0.4 is 35.4 Å². The van der Waals surface area contributed by atoms with Gasteiger partial charge in [-0.05, 0) is 70.8 Å². The summed E-state index contributed by atoms with van der Waals surface area (Å²) in [6, 6.07) is 8.98. The molecule has 0 aliphatic carbocycles. The molecule has 0 unspecified atom stereocenters. The Morgan fingerprint density at radius 2 is 0.897 bits per heavy atom. The second-order valence-corrected chi connectivity index (χ2v) is 7.70. The average Bonchev–Trinajstić information content (AvgIpc) is 2.52. The van der Waals surface area contributed by atoms with Gasteiger partial charge in [-0.2, -0.15) is 0 Å². The van der Waals surface area contributed by atoms with Crippen LogP contribution in [0.4, 0.5) is 11.4 Å². The molecule has 6 heteroatoms. The Morgan fingerprint density at radius 1 is 0.621 bits per heavy atom. The van der Waals surface area contributed by atoms with Crippen LogP contribution in [0.15, 0.2) is 24.3 Å². The predicted molar refractivity (Wildman–Crippen MR) is 116 cm³/mol. The van der Waals surface area contributed by atoms with E-state index in [0.29, 0.717) is 0 Å². The predicted octanol–water partition coefficient (Wildman–Crippen LogP) is -1.00. The van der Waals surface area contributed by atoms with E-state index in [4.69, 9.17) is 0 Å². The Morgan fingerprint density at radius 3 is 1.17 bits per heavy atom. The molecule has 0 amide bonds. The van der Waals surface area contributed by atoms with Crippen molar-refractivity contribution in [1.82, 2.24) is 4.90 Å². The van der Waals surface area contributed by atoms with Gasteiger partial charge in [0.05, 0.1) is 0 Å². The third-order valence-electron chi connectivity index (χ3n) is 4.94. The van der Waals surface area contributed by atoms with Crippen LogP contribution in [0.5, 0.6) is 0 Å². The number of likely N-dealkylation sites (N-methyl/N-ethyl adjacent to an activating group) is 1. The van der Waals surface area contributed by atoms with Gasteiger partial charge in [0.1, 0.15) is 0 Å². The van der Waals surface area contributed by atoms with Crippen molar-refractivity contribution in [2.45, 2.75) is 41.5 Å². The molecule has 1 radical (unpaired) electrons. The van der Waals surface area contributed by atoms with Crippen molar-refractivity contribution < 1.29 is 47.2 Å². The summed E-state index contributed by atoms with van der Waals surface area (Å²) < 4.78 is 0. The third kappa shape index (κ3) is 9.33. The molecule has 2 rings (SSSR count). The molecular weight excluding hydrogens is 497 g/mol. The average molecular weight is 532 g/mol. The number of benzene rings is 2. The molecule has 0 aromatic heterocycles. The van der Waals surface area contributed by atoms with Crippen LogP contribution in [-0.4, -0.2) is 38.1 Å². The molecule has 0 aliphatic heterocycles. The van der Waals surface area contributed by atoms with E-state index in [1.165, 1.54) is 44.8 Å². The largest absolute Gasteiger partial charge is 1.00 e. The summed E-state index contributed by atoms with van der Waals surface area (Å²) in [7, 11) is 2.19. The Balaban J connectivity index is 0. The zero-order chi connectivity index (χ0) is 19.3. The molecule has 169 valence electrons. The van der Waals surface area contributed by atoms with E-state index in [-0.39, 0.29) is 47.2 Å². The fraction of sp³-hybridized carbons (Fsp3) is 0.478. The normalized spacial score (nSPS) is 9.93. The summed E-state index contributed by atoms with van der Waals surface area (Å²) in [6.07, 6.45) is 0. The maximum absolute atomic E-state index is 3.61. The molecule has 2 aromatic carbocycles. The minimum atomic E-state index is 0. The van der Waals surface area contributed by atoms with Crippen LogP contribution in [0.25, 0.3) is 0 Å². The molecule has 0 saturated carbocycles. The van der Waals surface area contributed by atoms with E-state index in [1.807, 2.05) is 0 Å². The van der Waals surface area contributed by atoms with Gasteiger partial charge >= 0.3 is 0 Å². The second-order valence-electron chi connectivity index (χ2n) is 7.70. The first kappa shape index (κ1) is 30.5. The molecule has 0 atom stereocenters. The van der Waals surface area contributed by atoms with E-state index in [2.05, 4.69) is 88.4 Å². The zero-order valence-electron chi connectivity index (χ0n) is 18.6. The van der Waals surface area contributed by atoms with E-state index in [0.717, 1.165) is 26.2 Å². The molecule has 0 spiro atoms. The van der Waals surface area contributed by atoms with Crippen molar-refractivity contribution >= 4 is 11.4 Å². The van der Waals surface area contributed by atoms with E-state index < -0.39 is 0 Å². The Hall–Kier alpha value is -0.680. The topological polar surface area (TPSA) is 27.3 Å². The van der Waals surface area contributed by atoms with Crippen LogP contribution >= 0.6 is 0 Å². The first-order valence-corrected chi connectivity index (χ1v) is 9.60. The number of anilines is 2. The molecular formula is C23H35AgCl2N3-2. The van der Waals surface area contributed by atoms with Gasteiger partial charge < -0.3 is 40.3 Å². The molecule has 2 aromatic rings. The summed E-state index contributed by atoms with van der Waals surface area (Å²) in [5.41, 5.74) is 10.6. The molecule has 0 heterocycles. The van der Waals surface area contributed by atoms with Crippen LogP contribution in [0, 0.1) is 41.5 Å². The molecule has 0 fully saturated rings. The van der Waals surface area contributed by atoms with Crippen LogP contribution in [0.1, 0.15) is 33.4 Å². The summed E-state index contributed by atoms with van der Waals surface area (Å²) in [6.45, 7) is 17.0. The van der Waals surface area contributed by atoms with Crippen LogP contribution in [-0.2, 0) is 22.4 Å². The third-order valence-corrected chi connectivity index (χ3v) is 4.94. The minimum Gasteiger partial charge on any atom is -1.00 e. The van der Waals surface area contributed by atoms with Crippen molar-refractivity contribution in [3.05, 3.63) is 57.6 Å². The maximum Gasteiger partial charge on any atom is 0.0400 e. The van der Waals surface area contributed by atoms with Crippen molar-refractivity contribution in [2.75, 3.05) is 43.9 Å². The Kier molecular flexibility index (Phi) is 15.1. The molecule has 0 bridgehead atoms. The van der Waals surface area contributed by atoms with Crippen molar-refractivity contribution in [1.29, 1.82) is 0 Å². The van der Waals surface area contributed by atoms with E-state index in [1.54, 1.807) is 0 Å². The number of halogens is 2. The summed E-state index contributed by atoms with van der Waals surface area (Å²) in [4.78, 5) is 2.37. The SMILES string of the molecule is Cc1cc(C)c(NCCN(C)CCNc2c(C)cc(C)cc2C)c(C)c1.[Ag].[Cl-].[Cl-]. The van der Waals surface area contributed by atoms with Gasteiger partial charge in [0.25, 0.3) is 0 Å². The molecule has 2 N–H and O–H groups in total. The standard InChI is InChI=1S/C23H35N3.Ag.2ClH/c1-16-12-18(3)22(19(4)13-16)24-8-10-26(7)11-9-25-23-20(5)14-17(2)15-21(23)6;;;/h12-15,24-25H,8-11H2,1-7H3;;2*1H/p-2. The number of rotatable bonds is 8. The fourth-order valence-corrected chi connectivity index (χ4v) is 3.77. The number of aryl methyl sites for hydroxylation is 6. The van der Waals surface area contributed by atoms with Crippen molar-refractivity contribution in [2.24, 2.45) is 0 Å². The summed E-state index contributed by atoms with van der Waals surface area (Å²) in [5, 5.41) is 7.22. The van der Waals surface area contributed by atoms with Gasteiger partial charge in [-0.25, -0.2) is 0 Å². The van der Waals surface area contributed by atoms with Crippen LogP contribution in [0.3, 0.4) is 0 Å². The van der Waals surface area contributed by atoms with Crippen LogP contribution in [0.2, 0.25) is 0 Å². The van der Waals surface area contributed by atoms with Gasteiger partial charge in [-0.1, -0.05) is 35.4 Å². The summed E-state index contributed by atoms with van der Waals surface area (Å²) in [5.74, 6) is 0. The molecule has 0 saturated heterocycles. The maximum atomic E-state index is 3.61. The Bertz CT molecular complexity index is 656. The van der Waals surface area contributed by atoms with E-state index in [9.17, 15) is 0 Å². The first-order chi connectivity index (χ1) is 12.3. The van der Waals surface area contributed by atoms with Gasteiger partial charge in [-0.15, -0.1) is 0 Å². The molecule has 3 nitrogen and oxygen atoms in total. The van der Waals surface area contributed by atoms with Crippen molar-refractivity contribution in [3.63, 3.8) is 0 Å².